The molecule has 1 unspecified atom stereocenters. The van der Waals surface area contributed by atoms with Crippen molar-refractivity contribution in [1.82, 2.24) is 10.2 Å². The van der Waals surface area contributed by atoms with Crippen LogP contribution in [0.3, 0.4) is 0 Å². The van der Waals surface area contributed by atoms with Crippen LogP contribution in [0.1, 0.15) is 24.4 Å². The monoisotopic (exact) mass is 293 g/mol. The zero-order chi connectivity index (χ0) is 14.1. The number of hydrogen-bond acceptors (Lipinski definition) is 3. The zero-order valence-electron chi connectivity index (χ0n) is 10.6. The molecule has 1 aliphatic heterocycles. The largest absolute Gasteiger partial charge is 0.362 e. The molecule has 3 rings (SSSR count). The molecule has 104 valence electrons. The number of hydrogen-bond donors (Lipinski definition) is 1. The Morgan fingerprint density at radius 3 is 2.85 bits per heavy atom. The molecule has 6 heteroatoms. The van der Waals surface area contributed by atoms with Crippen molar-refractivity contribution in [2.75, 3.05) is 11.4 Å². The fourth-order valence-electron chi connectivity index (χ4n) is 2.66. The van der Waals surface area contributed by atoms with Crippen molar-refractivity contribution >= 4 is 17.3 Å². The van der Waals surface area contributed by atoms with E-state index in [2.05, 4.69) is 15.1 Å². The number of nitrogens with zero attached hydrogens (tertiary/aromatic N) is 2. The predicted octanol–water partition coefficient (Wildman–Crippen LogP) is 2.90. The first-order valence-corrected chi connectivity index (χ1v) is 6.80. The standard InChI is InChI=1S/C14H13ClFN3O/c15-13-12(8-17-18-14(13)20)19-7-1-2-11(19)9-3-5-10(16)6-4-9/h3-6,8,11H,1-2,7H2,(H,18,20). The van der Waals surface area contributed by atoms with E-state index in [0.29, 0.717) is 5.69 Å². The van der Waals surface area contributed by atoms with Crippen LogP contribution in [0.5, 0.6) is 0 Å². The first-order valence-electron chi connectivity index (χ1n) is 6.42. The van der Waals surface area contributed by atoms with Crippen LogP contribution in [-0.4, -0.2) is 16.7 Å². The minimum Gasteiger partial charge on any atom is -0.362 e. The molecule has 0 radical (unpaired) electrons. The minimum atomic E-state index is -0.395. The van der Waals surface area contributed by atoms with Gasteiger partial charge in [0.2, 0.25) is 0 Å². The highest BCUT2D eigenvalue weighted by Crippen LogP contribution is 2.37. The maximum Gasteiger partial charge on any atom is 0.285 e. The molecule has 1 fully saturated rings. The van der Waals surface area contributed by atoms with Crippen LogP contribution in [0, 0.1) is 5.82 Å². The third-order valence-electron chi connectivity index (χ3n) is 3.59. The molecule has 2 aromatic rings. The summed E-state index contributed by atoms with van der Waals surface area (Å²) in [5.74, 6) is -0.255. The van der Waals surface area contributed by atoms with Crippen LogP contribution in [0.25, 0.3) is 0 Å². The van der Waals surface area contributed by atoms with Crippen molar-refractivity contribution in [1.29, 1.82) is 0 Å². The highest BCUT2D eigenvalue weighted by molar-refractivity contribution is 6.33. The first kappa shape index (κ1) is 13.1. The molecule has 1 atom stereocenters. The molecule has 4 nitrogen and oxygen atoms in total. The van der Waals surface area contributed by atoms with Gasteiger partial charge in [0.15, 0.2) is 0 Å². The lowest BCUT2D eigenvalue weighted by Gasteiger charge is -2.27. The Labute approximate surface area is 120 Å². The average Bonchev–Trinajstić information content (AvgIpc) is 2.92. The molecule has 1 aromatic carbocycles. The van der Waals surface area contributed by atoms with Gasteiger partial charge in [-0.25, -0.2) is 9.49 Å². The molecule has 20 heavy (non-hydrogen) atoms. The Kier molecular flexibility index (Phi) is 3.44. The van der Waals surface area contributed by atoms with Gasteiger partial charge in [0.05, 0.1) is 17.9 Å². The maximum absolute atomic E-state index is 13.0. The maximum atomic E-state index is 13.0. The van der Waals surface area contributed by atoms with E-state index < -0.39 is 5.56 Å². The van der Waals surface area contributed by atoms with Crippen LogP contribution < -0.4 is 10.5 Å². The topological polar surface area (TPSA) is 49.0 Å². The van der Waals surface area contributed by atoms with Gasteiger partial charge in [-0.15, -0.1) is 0 Å². The van der Waals surface area contributed by atoms with E-state index in [1.54, 1.807) is 18.3 Å². The summed E-state index contributed by atoms with van der Waals surface area (Å²) in [6.07, 6.45) is 3.49. The summed E-state index contributed by atoms with van der Waals surface area (Å²) < 4.78 is 13.0. The van der Waals surface area contributed by atoms with Crippen LogP contribution >= 0.6 is 11.6 Å². The number of aromatic nitrogens is 2. The summed E-state index contributed by atoms with van der Waals surface area (Å²) in [6.45, 7) is 0.799. The van der Waals surface area contributed by atoms with E-state index in [1.165, 1.54) is 12.1 Å². The second-order valence-electron chi connectivity index (χ2n) is 4.80. The van der Waals surface area contributed by atoms with Crippen molar-refractivity contribution in [3.63, 3.8) is 0 Å². The van der Waals surface area contributed by atoms with E-state index in [4.69, 9.17) is 11.6 Å². The van der Waals surface area contributed by atoms with Gasteiger partial charge < -0.3 is 4.90 Å². The summed E-state index contributed by atoms with van der Waals surface area (Å²) in [4.78, 5) is 13.6. The predicted molar refractivity (Wildman–Crippen MR) is 75.6 cm³/mol. The van der Waals surface area contributed by atoms with Crippen molar-refractivity contribution in [2.24, 2.45) is 0 Å². The molecule has 1 aromatic heterocycles. The first-order chi connectivity index (χ1) is 9.66. The summed E-state index contributed by atoms with van der Waals surface area (Å²) in [6, 6.07) is 6.53. The molecular formula is C14H13ClFN3O. The highest BCUT2D eigenvalue weighted by Gasteiger charge is 2.28. The van der Waals surface area contributed by atoms with E-state index in [1.807, 2.05) is 0 Å². The Balaban J connectivity index is 1.98. The van der Waals surface area contributed by atoms with Crippen LogP contribution in [-0.2, 0) is 0 Å². The Hall–Kier alpha value is -1.88. The van der Waals surface area contributed by atoms with E-state index in [9.17, 15) is 9.18 Å². The molecule has 0 amide bonds. The molecule has 0 aliphatic carbocycles. The lowest BCUT2D eigenvalue weighted by molar-refractivity contribution is 0.624. The Morgan fingerprint density at radius 1 is 1.35 bits per heavy atom. The molecule has 1 aliphatic rings. The van der Waals surface area contributed by atoms with E-state index >= 15 is 0 Å². The fourth-order valence-corrected chi connectivity index (χ4v) is 2.86. The average molecular weight is 294 g/mol. The summed E-state index contributed by atoms with van der Waals surface area (Å²) >= 11 is 6.07. The van der Waals surface area contributed by atoms with Gasteiger partial charge in [-0.3, -0.25) is 4.79 Å². The smallest absolute Gasteiger partial charge is 0.285 e. The normalized spacial score (nSPS) is 18.5. The number of rotatable bonds is 2. The second-order valence-corrected chi connectivity index (χ2v) is 5.18. The van der Waals surface area contributed by atoms with Crippen LogP contribution in [0.15, 0.2) is 35.3 Å². The van der Waals surface area contributed by atoms with Crippen molar-refractivity contribution in [3.8, 4) is 0 Å². The molecule has 1 N–H and O–H groups in total. The summed E-state index contributed by atoms with van der Waals surface area (Å²) in [7, 11) is 0. The van der Waals surface area contributed by atoms with Gasteiger partial charge in [-0.05, 0) is 30.5 Å². The van der Waals surface area contributed by atoms with Gasteiger partial charge in [0.1, 0.15) is 10.8 Å². The summed E-state index contributed by atoms with van der Waals surface area (Å²) in [5, 5.41) is 6.27. The van der Waals surface area contributed by atoms with Gasteiger partial charge in [-0.1, -0.05) is 23.7 Å². The van der Waals surface area contributed by atoms with Crippen molar-refractivity contribution in [2.45, 2.75) is 18.9 Å². The lowest BCUT2D eigenvalue weighted by atomic mass is 10.0. The van der Waals surface area contributed by atoms with Crippen molar-refractivity contribution < 1.29 is 4.39 Å². The zero-order valence-corrected chi connectivity index (χ0v) is 11.4. The third kappa shape index (κ3) is 2.29. The molecule has 0 saturated carbocycles. The molecule has 2 heterocycles. The lowest BCUT2D eigenvalue weighted by Crippen LogP contribution is -2.25. The fraction of sp³-hybridized carbons (Fsp3) is 0.286. The van der Waals surface area contributed by atoms with Crippen LogP contribution in [0.2, 0.25) is 5.02 Å². The Bertz CT molecular complexity index is 671. The highest BCUT2D eigenvalue weighted by atomic mass is 35.5. The van der Waals surface area contributed by atoms with Crippen LogP contribution in [0.4, 0.5) is 10.1 Å². The molecule has 1 saturated heterocycles. The number of anilines is 1. The molecular weight excluding hydrogens is 281 g/mol. The van der Waals surface area contributed by atoms with Gasteiger partial charge in [-0.2, -0.15) is 5.10 Å². The third-order valence-corrected chi connectivity index (χ3v) is 3.96. The number of H-pyrrole nitrogens is 1. The van der Waals surface area contributed by atoms with E-state index in [-0.39, 0.29) is 16.9 Å². The molecule has 0 bridgehead atoms. The Morgan fingerprint density at radius 2 is 2.10 bits per heavy atom. The summed E-state index contributed by atoms with van der Waals surface area (Å²) in [5.41, 5.74) is 1.25. The minimum absolute atomic E-state index is 0.0942. The SMILES string of the molecule is O=c1[nH]ncc(N2CCCC2c2ccc(F)cc2)c1Cl. The quantitative estimate of drug-likeness (QED) is 0.926. The number of benzene rings is 1. The second kappa shape index (κ2) is 5.25. The number of aromatic amines is 1. The van der Waals surface area contributed by atoms with Gasteiger partial charge in [0, 0.05) is 6.54 Å². The van der Waals surface area contributed by atoms with Gasteiger partial charge >= 0.3 is 0 Å². The van der Waals surface area contributed by atoms with E-state index in [0.717, 1.165) is 24.9 Å². The number of nitrogens with one attached hydrogen (secondary N) is 1. The number of halogens is 2. The molecule has 0 spiro atoms. The van der Waals surface area contributed by atoms with Gasteiger partial charge in [0.25, 0.3) is 5.56 Å². The van der Waals surface area contributed by atoms with Crippen molar-refractivity contribution in [3.05, 3.63) is 57.2 Å².